The van der Waals surface area contributed by atoms with E-state index in [-0.39, 0.29) is 5.41 Å². The van der Waals surface area contributed by atoms with Crippen LogP contribution >= 0.6 is 0 Å². The van der Waals surface area contributed by atoms with Gasteiger partial charge in [0, 0.05) is 40.0 Å². The van der Waals surface area contributed by atoms with Gasteiger partial charge in [0.25, 0.3) is 0 Å². The van der Waals surface area contributed by atoms with Crippen molar-refractivity contribution < 1.29 is 0 Å². The second-order valence-corrected chi connectivity index (χ2v) is 8.46. The van der Waals surface area contributed by atoms with Crippen LogP contribution in [0, 0.1) is 0 Å². The van der Waals surface area contributed by atoms with Crippen LogP contribution in [0.4, 0.5) is 11.4 Å². The van der Waals surface area contributed by atoms with Crippen LogP contribution < -0.4 is 5.32 Å². The van der Waals surface area contributed by atoms with E-state index in [9.17, 15) is 0 Å². The Morgan fingerprint density at radius 1 is 0.767 bits per heavy atom. The molecule has 1 aliphatic rings. The van der Waals surface area contributed by atoms with E-state index in [2.05, 4.69) is 89.8 Å². The van der Waals surface area contributed by atoms with Gasteiger partial charge in [-0.3, -0.25) is 9.97 Å². The van der Waals surface area contributed by atoms with Crippen LogP contribution in [0.15, 0.2) is 85.2 Å². The highest BCUT2D eigenvalue weighted by Crippen LogP contribution is 2.49. The monoisotopic (exact) mass is 387 g/mol. The zero-order chi connectivity index (χ0) is 20.3. The lowest BCUT2D eigenvalue weighted by molar-refractivity contribution is 0.660. The molecule has 30 heavy (non-hydrogen) atoms. The molecule has 1 aliphatic carbocycles. The average Bonchev–Trinajstić information content (AvgIpc) is 3.01. The number of nitrogens with one attached hydrogen (secondary N) is 1. The van der Waals surface area contributed by atoms with Crippen molar-refractivity contribution in [2.75, 3.05) is 5.32 Å². The number of fused-ring (bicyclic) bond motifs is 6. The molecule has 144 valence electrons. The first kappa shape index (κ1) is 17.2. The summed E-state index contributed by atoms with van der Waals surface area (Å²) in [6.45, 7) is 4.62. The number of benzene rings is 3. The van der Waals surface area contributed by atoms with E-state index in [0.29, 0.717) is 0 Å². The molecular weight excluding hydrogens is 366 g/mol. The number of rotatable bonds is 2. The molecule has 3 heteroatoms. The number of anilines is 2. The molecule has 6 rings (SSSR count). The molecule has 0 radical (unpaired) electrons. The van der Waals surface area contributed by atoms with Crippen LogP contribution in [0.1, 0.15) is 25.0 Å². The van der Waals surface area contributed by atoms with Gasteiger partial charge in [-0.1, -0.05) is 56.3 Å². The third kappa shape index (κ3) is 2.38. The van der Waals surface area contributed by atoms with Crippen LogP contribution in [0.5, 0.6) is 0 Å². The normalized spacial score (nSPS) is 13.9. The fraction of sp³-hybridized carbons (Fsp3) is 0.111. The SMILES string of the molecule is CC1(C)c2ccccc2-c2ccc(Nc3cccc4cnc5cccnc5c34)cc21. The quantitative estimate of drug-likeness (QED) is 0.337. The highest BCUT2D eigenvalue weighted by molar-refractivity contribution is 6.10. The van der Waals surface area contributed by atoms with Crippen LogP contribution in [0.2, 0.25) is 0 Å². The first-order valence-corrected chi connectivity index (χ1v) is 10.3. The van der Waals surface area contributed by atoms with Crippen molar-refractivity contribution in [3.63, 3.8) is 0 Å². The summed E-state index contributed by atoms with van der Waals surface area (Å²) >= 11 is 0. The maximum absolute atomic E-state index is 4.62. The number of nitrogens with zero attached hydrogens (tertiary/aromatic N) is 2. The van der Waals surface area contributed by atoms with E-state index in [0.717, 1.165) is 33.2 Å². The Morgan fingerprint density at radius 2 is 1.63 bits per heavy atom. The van der Waals surface area contributed by atoms with Gasteiger partial charge in [0.05, 0.1) is 11.0 Å². The Hall–Kier alpha value is -3.72. The van der Waals surface area contributed by atoms with Crippen molar-refractivity contribution in [1.29, 1.82) is 0 Å². The van der Waals surface area contributed by atoms with Crippen molar-refractivity contribution in [3.05, 3.63) is 96.3 Å². The fourth-order valence-electron chi connectivity index (χ4n) is 4.82. The van der Waals surface area contributed by atoms with Crippen molar-refractivity contribution >= 4 is 33.2 Å². The van der Waals surface area contributed by atoms with E-state index in [1.807, 2.05) is 24.5 Å². The largest absolute Gasteiger partial charge is 0.355 e. The van der Waals surface area contributed by atoms with Gasteiger partial charge in [-0.05, 0) is 52.6 Å². The molecule has 0 bridgehead atoms. The van der Waals surface area contributed by atoms with Gasteiger partial charge in [-0.2, -0.15) is 0 Å². The van der Waals surface area contributed by atoms with Crippen molar-refractivity contribution in [2.45, 2.75) is 19.3 Å². The molecule has 3 nitrogen and oxygen atoms in total. The Balaban J connectivity index is 1.50. The van der Waals surface area contributed by atoms with Gasteiger partial charge in [0.15, 0.2) is 0 Å². The van der Waals surface area contributed by atoms with E-state index < -0.39 is 0 Å². The predicted octanol–water partition coefficient (Wildman–Crippen LogP) is 6.83. The fourth-order valence-corrected chi connectivity index (χ4v) is 4.82. The van der Waals surface area contributed by atoms with Crippen LogP contribution in [0.3, 0.4) is 0 Å². The molecule has 2 aromatic heterocycles. The van der Waals surface area contributed by atoms with Crippen LogP contribution in [-0.4, -0.2) is 9.97 Å². The minimum Gasteiger partial charge on any atom is -0.355 e. The minimum atomic E-state index is -0.0133. The summed E-state index contributed by atoms with van der Waals surface area (Å²) in [6.07, 6.45) is 3.75. The summed E-state index contributed by atoms with van der Waals surface area (Å²) in [4.78, 5) is 9.17. The summed E-state index contributed by atoms with van der Waals surface area (Å²) < 4.78 is 0. The van der Waals surface area contributed by atoms with E-state index in [4.69, 9.17) is 0 Å². The number of hydrogen-bond donors (Lipinski definition) is 1. The van der Waals surface area contributed by atoms with Crippen molar-refractivity contribution in [2.24, 2.45) is 0 Å². The van der Waals surface area contributed by atoms with Gasteiger partial charge in [-0.25, -0.2) is 0 Å². The van der Waals surface area contributed by atoms with E-state index >= 15 is 0 Å². The summed E-state index contributed by atoms with van der Waals surface area (Å²) in [7, 11) is 0. The summed E-state index contributed by atoms with van der Waals surface area (Å²) in [5.74, 6) is 0. The number of pyridine rings is 2. The van der Waals surface area contributed by atoms with Gasteiger partial charge in [-0.15, -0.1) is 0 Å². The summed E-state index contributed by atoms with van der Waals surface area (Å²) in [5.41, 5.74) is 9.38. The topological polar surface area (TPSA) is 37.8 Å². The first-order chi connectivity index (χ1) is 14.6. The van der Waals surface area contributed by atoms with Crippen LogP contribution in [0.25, 0.3) is 32.9 Å². The smallest absolute Gasteiger partial charge is 0.0985 e. The minimum absolute atomic E-state index is 0.0133. The summed E-state index contributed by atoms with van der Waals surface area (Å²) in [6, 6.07) is 25.6. The molecule has 0 atom stereocenters. The van der Waals surface area contributed by atoms with Gasteiger partial charge in [0.1, 0.15) is 0 Å². The van der Waals surface area contributed by atoms with Gasteiger partial charge >= 0.3 is 0 Å². The maximum Gasteiger partial charge on any atom is 0.0985 e. The Labute approximate surface area is 175 Å². The third-order valence-corrected chi connectivity index (χ3v) is 6.33. The highest BCUT2D eigenvalue weighted by Gasteiger charge is 2.35. The molecule has 2 heterocycles. The zero-order valence-electron chi connectivity index (χ0n) is 17.0. The van der Waals surface area contributed by atoms with Crippen LogP contribution in [-0.2, 0) is 5.41 Å². The van der Waals surface area contributed by atoms with Crippen molar-refractivity contribution in [1.82, 2.24) is 9.97 Å². The molecule has 0 unspecified atom stereocenters. The molecule has 0 amide bonds. The Bertz CT molecular complexity index is 1450. The van der Waals surface area contributed by atoms with Gasteiger partial charge < -0.3 is 5.32 Å². The molecule has 1 N–H and O–H groups in total. The average molecular weight is 387 g/mol. The lowest BCUT2D eigenvalue weighted by atomic mass is 9.82. The first-order valence-electron chi connectivity index (χ1n) is 10.3. The zero-order valence-corrected chi connectivity index (χ0v) is 17.0. The molecule has 0 saturated heterocycles. The van der Waals surface area contributed by atoms with E-state index in [1.165, 1.54) is 22.3 Å². The predicted molar refractivity (Wildman–Crippen MR) is 124 cm³/mol. The molecule has 0 spiro atoms. The standard InChI is InChI=1S/C27H21N3/c1-27(2)21-9-4-3-8-19(21)20-13-12-18(15-22(20)27)30-23-10-5-7-17-16-29-24-11-6-14-28-26(24)25(17)23/h3-16,30H,1-2H3. The highest BCUT2D eigenvalue weighted by atomic mass is 14.9. The lowest BCUT2D eigenvalue weighted by Gasteiger charge is -2.22. The van der Waals surface area contributed by atoms with E-state index in [1.54, 1.807) is 0 Å². The molecule has 0 aliphatic heterocycles. The third-order valence-electron chi connectivity index (χ3n) is 6.33. The summed E-state index contributed by atoms with van der Waals surface area (Å²) in [5, 5.41) is 5.85. The number of hydrogen-bond acceptors (Lipinski definition) is 3. The molecule has 0 fully saturated rings. The van der Waals surface area contributed by atoms with Gasteiger partial charge in [0.2, 0.25) is 0 Å². The Morgan fingerprint density at radius 3 is 2.57 bits per heavy atom. The Kier molecular flexibility index (Phi) is 3.51. The lowest BCUT2D eigenvalue weighted by Crippen LogP contribution is -2.15. The molecule has 0 saturated carbocycles. The van der Waals surface area contributed by atoms with Crippen molar-refractivity contribution in [3.8, 4) is 11.1 Å². The number of aromatic nitrogens is 2. The maximum atomic E-state index is 4.62. The molecule has 5 aromatic rings. The molecule has 3 aromatic carbocycles. The second-order valence-electron chi connectivity index (χ2n) is 8.46. The second kappa shape index (κ2) is 6.14. The molecular formula is C27H21N3.